The smallest absolute Gasteiger partial charge is 0.309 e. The molecule has 51 heavy (non-hydrogen) atoms. The summed E-state index contributed by atoms with van der Waals surface area (Å²) in [5.41, 5.74) is -0.0882. The second-order valence-electron chi connectivity index (χ2n) is 19.5. The van der Waals surface area contributed by atoms with Gasteiger partial charge in [-0.3, -0.25) is 14.4 Å². The van der Waals surface area contributed by atoms with Gasteiger partial charge in [0.25, 0.3) is 5.89 Å². The standard InChI is InChI=1S/C42H58N2O7/c1-24(2)31-25(45)22-42(34-44-43-33(51-34)26-12-11-21-49-26)20-19-41(10)39(8)17-13-27-37(5,6)29(50-30(46)23-36(3,4)35(47)48)15-16-38(27,7)28(39)14-18-40(41,9)32(31)42/h11-12,21,24,27-29H,13-20,22-23H2,1-10H3,(H,47,48)/t27-,28+,29-,38-,39+,40+,41-,42+/m0/s1. The van der Waals surface area contributed by atoms with Gasteiger partial charge in [0, 0.05) is 11.8 Å². The molecule has 0 saturated heterocycles. The second-order valence-corrected chi connectivity index (χ2v) is 19.5. The van der Waals surface area contributed by atoms with Crippen molar-refractivity contribution in [1.82, 2.24) is 10.2 Å². The van der Waals surface area contributed by atoms with Crippen molar-refractivity contribution in [3.8, 4) is 11.7 Å². The number of ketones is 1. The van der Waals surface area contributed by atoms with Gasteiger partial charge in [0.2, 0.25) is 5.89 Å². The molecule has 0 radical (unpaired) electrons. The summed E-state index contributed by atoms with van der Waals surface area (Å²) in [5, 5.41) is 18.7. The molecule has 9 nitrogen and oxygen atoms in total. The van der Waals surface area contributed by atoms with Gasteiger partial charge in [-0.1, -0.05) is 55.4 Å². The lowest BCUT2D eigenvalue weighted by Gasteiger charge is -2.74. The summed E-state index contributed by atoms with van der Waals surface area (Å²) in [6.07, 6.45) is 9.21. The van der Waals surface area contributed by atoms with Crippen LogP contribution in [0.4, 0.5) is 0 Å². The first-order valence-electron chi connectivity index (χ1n) is 19.3. The van der Waals surface area contributed by atoms with Crippen molar-refractivity contribution in [3.63, 3.8) is 0 Å². The molecule has 5 aliphatic rings. The molecule has 9 heteroatoms. The first-order valence-corrected chi connectivity index (χ1v) is 19.3. The average Bonchev–Trinajstić information content (AvgIpc) is 3.79. The van der Waals surface area contributed by atoms with Gasteiger partial charge in [-0.05, 0) is 128 Å². The van der Waals surface area contributed by atoms with Crippen molar-refractivity contribution in [1.29, 1.82) is 0 Å². The van der Waals surface area contributed by atoms with Gasteiger partial charge in [0.1, 0.15) is 6.10 Å². The molecule has 4 saturated carbocycles. The zero-order valence-electron chi connectivity index (χ0n) is 32.4. The number of aromatic nitrogens is 2. The molecule has 7 rings (SSSR count). The Kier molecular flexibility index (Phi) is 8.07. The summed E-state index contributed by atoms with van der Waals surface area (Å²) in [6.45, 7) is 22.1. The number of carboxylic acids is 1. The molecule has 0 aliphatic heterocycles. The first kappa shape index (κ1) is 36.1. The zero-order valence-corrected chi connectivity index (χ0v) is 32.4. The van der Waals surface area contributed by atoms with E-state index in [1.807, 2.05) is 12.1 Å². The van der Waals surface area contributed by atoms with Gasteiger partial charge in [-0.15, -0.1) is 10.2 Å². The molecular formula is C42H58N2O7. The van der Waals surface area contributed by atoms with Crippen molar-refractivity contribution in [2.45, 2.75) is 145 Å². The van der Waals surface area contributed by atoms with Crippen molar-refractivity contribution < 1.29 is 33.1 Å². The summed E-state index contributed by atoms with van der Waals surface area (Å²) in [6, 6.07) is 3.63. The first-order chi connectivity index (χ1) is 23.7. The minimum atomic E-state index is -1.17. The van der Waals surface area contributed by atoms with Gasteiger partial charge < -0.3 is 18.7 Å². The third-order valence-electron chi connectivity index (χ3n) is 16.1. The summed E-state index contributed by atoms with van der Waals surface area (Å²) in [4.78, 5) is 39.0. The summed E-state index contributed by atoms with van der Waals surface area (Å²) in [7, 11) is 0. The number of allylic oxidation sites excluding steroid dienone is 2. The van der Waals surface area contributed by atoms with Crippen LogP contribution < -0.4 is 0 Å². The molecule has 5 aliphatic carbocycles. The molecule has 0 unspecified atom stereocenters. The topological polar surface area (TPSA) is 133 Å². The van der Waals surface area contributed by atoms with E-state index in [1.165, 1.54) is 5.57 Å². The van der Waals surface area contributed by atoms with Crippen LogP contribution in [-0.4, -0.2) is 39.1 Å². The fourth-order valence-corrected chi connectivity index (χ4v) is 13.2. The minimum Gasteiger partial charge on any atom is -0.481 e. The molecule has 8 atom stereocenters. The van der Waals surface area contributed by atoms with Crippen molar-refractivity contribution >= 4 is 17.7 Å². The SMILES string of the molecule is CC(C)C1=C2[C@@](c3nnc(-c4ccco4)o3)(CC[C@]3(C)[C@]2(C)CC[C@@H]2[C@@]4(C)CC[C@H](OC(=O)CC(C)(C)C(=O)O)C(C)(C)[C@@H]4CC[C@]23C)CC1=O. The summed E-state index contributed by atoms with van der Waals surface area (Å²) >= 11 is 0. The second kappa shape index (κ2) is 11.4. The predicted molar refractivity (Wildman–Crippen MR) is 191 cm³/mol. The Morgan fingerprint density at radius 1 is 0.980 bits per heavy atom. The van der Waals surface area contributed by atoms with Crippen LogP contribution in [0.15, 0.2) is 38.4 Å². The van der Waals surface area contributed by atoms with E-state index in [0.29, 0.717) is 35.8 Å². The Hall–Kier alpha value is -3.23. The molecule has 0 amide bonds. The largest absolute Gasteiger partial charge is 0.481 e. The molecule has 2 heterocycles. The summed E-state index contributed by atoms with van der Waals surface area (Å²) in [5.74, 6) is 1.13. The molecule has 2 aromatic heterocycles. The number of Topliss-reactive ketones (excluding diaryl/α,β-unsaturated/α-hetero) is 1. The van der Waals surface area contributed by atoms with Crippen molar-refractivity contribution in [2.24, 2.45) is 50.2 Å². The summed E-state index contributed by atoms with van der Waals surface area (Å²) < 4.78 is 18.2. The number of furan rings is 1. The van der Waals surface area contributed by atoms with E-state index in [0.717, 1.165) is 56.9 Å². The fraction of sp³-hybridized carbons (Fsp3) is 0.738. The van der Waals surface area contributed by atoms with E-state index < -0.39 is 22.8 Å². The molecule has 0 bridgehead atoms. The number of carbonyl (C=O) groups is 3. The van der Waals surface area contributed by atoms with E-state index >= 15 is 0 Å². The molecule has 4 fully saturated rings. The number of ether oxygens (including phenoxy) is 1. The molecule has 1 N–H and O–H groups in total. The molecule has 0 spiro atoms. The van der Waals surface area contributed by atoms with E-state index in [9.17, 15) is 19.5 Å². The van der Waals surface area contributed by atoms with E-state index in [1.54, 1.807) is 20.1 Å². The number of rotatable bonds is 7. The quantitative estimate of drug-likeness (QED) is 0.280. The lowest BCUT2D eigenvalue weighted by Crippen LogP contribution is -2.68. The molecular weight excluding hydrogens is 644 g/mol. The number of carboxylic acid groups (broad SMARTS) is 1. The van der Waals surface area contributed by atoms with Gasteiger partial charge in [0.15, 0.2) is 11.5 Å². The minimum absolute atomic E-state index is 0.0113. The highest BCUT2D eigenvalue weighted by molar-refractivity contribution is 6.02. The number of hydrogen-bond acceptors (Lipinski definition) is 8. The van der Waals surface area contributed by atoms with Crippen LogP contribution in [-0.2, 0) is 24.5 Å². The highest BCUT2D eigenvalue weighted by atomic mass is 16.5. The maximum Gasteiger partial charge on any atom is 0.309 e. The van der Waals surface area contributed by atoms with E-state index in [4.69, 9.17) is 13.6 Å². The van der Waals surface area contributed by atoms with Gasteiger partial charge in [-0.2, -0.15) is 0 Å². The van der Waals surface area contributed by atoms with Crippen LogP contribution in [0.25, 0.3) is 11.7 Å². The number of aliphatic carboxylic acids is 1. The number of hydrogen-bond donors (Lipinski definition) is 1. The number of nitrogens with zero attached hydrogens (tertiary/aromatic N) is 2. The van der Waals surface area contributed by atoms with E-state index in [-0.39, 0.29) is 51.3 Å². The van der Waals surface area contributed by atoms with Crippen LogP contribution >= 0.6 is 0 Å². The van der Waals surface area contributed by atoms with Crippen LogP contribution in [0.5, 0.6) is 0 Å². The maximum absolute atomic E-state index is 14.2. The molecule has 2 aromatic rings. The van der Waals surface area contributed by atoms with Gasteiger partial charge in [-0.25, -0.2) is 0 Å². The Morgan fingerprint density at radius 2 is 1.69 bits per heavy atom. The Balaban J connectivity index is 1.23. The molecule has 278 valence electrons. The molecule has 0 aromatic carbocycles. The van der Waals surface area contributed by atoms with Gasteiger partial charge >= 0.3 is 11.9 Å². The number of esters is 1. The Morgan fingerprint density at radius 3 is 2.33 bits per heavy atom. The van der Waals surface area contributed by atoms with Crippen LogP contribution in [0.1, 0.15) is 139 Å². The lowest BCUT2D eigenvalue weighted by atomic mass is 9.30. The monoisotopic (exact) mass is 702 g/mol. The van der Waals surface area contributed by atoms with Crippen LogP contribution in [0, 0.1) is 50.2 Å². The fourth-order valence-electron chi connectivity index (χ4n) is 13.2. The average molecular weight is 703 g/mol. The Labute approximate surface area is 302 Å². The Bertz CT molecular complexity index is 1780. The maximum atomic E-state index is 14.2. The van der Waals surface area contributed by atoms with Crippen LogP contribution in [0.2, 0.25) is 0 Å². The zero-order chi connectivity index (χ0) is 37.2. The highest BCUT2D eigenvalue weighted by Gasteiger charge is 2.74. The third-order valence-corrected chi connectivity index (χ3v) is 16.1. The highest BCUT2D eigenvalue weighted by Crippen LogP contribution is 2.80. The normalized spacial score (nSPS) is 38.9. The van der Waals surface area contributed by atoms with Crippen LogP contribution in [0.3, 0.4) is 0 Å². The number of fused-ring (bicyclic) bond motifs is 7. The van der Waals surface area contributed by atoms with E-state index in [2.05, 4.69) is 65.6 Å². The number of carbonyl (C=O) groups excluding carboxylic acids is 2. The predicted octanol–water partition coefficient (Wildman–Crippen LogP) is 9.36. The van der Waals surface area contributed by atoms with Gasteiger partial charge in [0.05, 0.1) is 23.5 Å². The lowest BCUT2D eigenvalue weighted by molar-refractivity contribution is -0.248. The third kappa shape index (κ3) is 4.80. The van der Waals surface area contributed by atoms with Crippen molar-refractivity contribution in [2.75, 3.05) is 0 Å². The van der Waals surface area contributed by atoms with Crippen molar-refractivity contribution in [3.05, 3.63) is 35.4 Å².